The molecule has 0 radical (unpaired) electrons. The number of amides is 1. The fourth-order valence-electron chi connectivity index (χ4n) is 4.30. The van der Waals surface area contributed by atoms with Crippen LogP contribution in [0.4, 0.5) is 0 Å². The van der Waals surface area contributed by atoms with Gasteiger partial charge >= 0.3 is 41.5 Å². The summed E-state index contributed by atoms with van der Waals surface area (Å²) in [5.74, 6) is -1.29. The van der Waals surface area contributed by atoms with Gasteiger partial charge in [0.1, 0.15) is 0 Å². The Kier molecular flexibility index (Phi) is 11.4. The number of hydrogen-bond acceptors (Lipinski definition) is 9. The zero-order valence-corrected chi connectivity index (χ0v) is 22.6. The van der Waals surface area contributed by atoms with Gasteiger partial charge in [-0.25, -0.2) is 0 Å². The number of carbonyl (C=O) groups excluding carboxylic acids is 2. The molecule has 214 valence electrons. The number of ether oxygens (including phenoxy) is 3. The molecular formula is C28H30NNaO10S. The molecule has 0 unspecified atom stereocenters. The van der Waals surface area contributed by atoms with E-state index < -0.39 is 11.9 Å². The summed E-state index contributed by atoms with van der Waals surface area (Å²) in [6.45, 7) is 1.29. The predicted octanol–water partition coefficient (Wildman–Crippen LogP) is 3.57. The summed E-state index contributed by atoms with van der Waals surface area (Å²) < 4.78 is 17.8. The fourth-order valence-corrected chi connectivity index (χ4v) is 5.35. The molecule has 0 aliphatic carbocycles. The second-order valence-corrected chi connectivity index (χ2v) is 10.3. The Morgan fingerprint density at radius 1 is 0.829 bits per heavy atom. The first-order chi connectivity index (χ1) is 19.1. The van der Waals surface area contributed by atoms with Gasteiger partial charge in [-0.05, 0) is 40.8 Å². The topological polar surface area (TPSA) is 160 Å². The maximum absolute atomic E-state index is 12.3. The average molecular weight is 596 g/mol. The third kappa shape index (κ3) is 8.35. The third-order valence-corrected chi connectivity index (χ3v) is 7.50. The molecule has 3 N–H and O–H groups in total. The molecule has 2 aromatic carbocycles. The van der Waals surface area contributed by atoms with E-state index in [2.05, 4.69) is 0 Å². The summed E-state index contributed by atoms with van der Waals surface area (Å²) in [4.78, 5) is 48.1. The van der Waals surface area contributed by atoms with Crippen molar-refractivity contribution >= 4 is 74.6 Å². The summed E-state index contributed by atoms with van der Waals surface area (Å²) >= 11 is 1.19. The standard InChI is InChI=1S/C28H29NO10S.Na.H/c1-37-22-10-17-14-29(26(32)4-6-28(35)36)15-18(17)11-23(22)39-8-2-7-38-21-9-16-12-25(19(30)3-5-27(33)34)40-24(16)13-20(21)31;;/h9-13,31H,2-8,14-15H2,1H3,(H,33,34)(H,35,36);;. The molecule has 3 aromatic rings. The molecule has 0 spiro atoms. The maximum atomic E-state index is 12.3. The van der Waals surface area contributed by atoms with Gasteiger partial charge in [0.25, 0.3) is 0 Å². The van der Waals surface area contributed by atoms with Crippen LogP contribution in [0, 0.1) is 0 Å². The third-order valence-electron chi connectivity index (χ3n) is 6.36. The summed E-state index contributed by atoms with van der Waals surface area (Å²) in [5.41, 5.74) is 1.83. The number of Topliss-reactive ketones (excluding diaryl/α,β-unsaturated/α-hetero) is 1. The number of carbonyl (C=O) groups is 4. The molecule has 4 rings (SSSR count). The zero-order valence-electron chi connectivity index (χ0n) is 21.8. The van der Waals surface area contributed by atoms with E-state index in [1.165, 1.54) is 24.5 Å². The van der Waals surface area contributed by atoms with Crippen LogP contribution in [0.1, 0.15) is 52.9 Å². The Labute approximate surface area is 261 Å². The number of benzene rings is 2. The number of aliphatic carboxylic acids is 2. The quantitative estimate of drug-likeness (QED) is 0.143. The van der Waals surface area contributed by atoms with Gasteiger partial charge in [-0.1, -0.05) is 0 Å². The van der Waals surface area contributed by atoms with Crippen molar-refractivity contribution in [2.75, 3.05) is 20.3 Å². The van der Waals surface area contributed by atoms with Crippen LogP contribution in [0.25, 0.3) is 10.1 Å². The van der Waals surface area contributed by atoms with Crippen molar-refractivity contribution in [1.82, 2.24) is 4.90 Å². The molecule has 0 atom stereocenters. The molecule has 1 amide bonds. The van der Waals surface area contributed by atoms with E-state index in [4.69, 9.17) is 24.4 Å². The number of carboxylic acids is 2. The molecule has 41 heavy (non-hydrogen) atoms. The van der Waals surface area contributed by atoms with E-state index in [0.29, 0.717) is 52.6 Å². The monoisotopic (exact) mass is 595 g/mol. The molecule has 1 aliphatic heterocycles. The zero-order chi connectivity index (χ0) is 28.8. The van der Waals surface area contributed by atoms with E-state index in [9.17, 15) is 24.3 Å². The first-order valence-corrected chi connectivity index (χ1v) is 13.4. The number of ketones is 1. The first kappa shape index (κ1) is 32.2. The second-order valence-electron chi connectivity index (χ2n) is 9.25. The summed E-state index contributed by atoms with van der Waals surface area (Å²) in [6, 6.07) is 8.47. The van der Waals surface area contributed by atoms with Gasteiger partial charge < -0.3 is 34.4 Å². The molecule has 1 aliphatic rings. The Hall–Kier alpha value is -3.32. The van der Waals surface area contributed by atoms with Gasteiger partial charge in [-0.3, -0.25) is 19.2 Å². The number of methoxy groups -OCH3 is 1. The van der Waals surface area contributed by atoms with Crippen LogP contribution in [-0.2, 0) is 27.5 Å². The van der Waals surface area contributed by atoms with Crippen LogP contribution in [0.2, 0.25) is 0 Å². The number of aromatic hydroxyl groups is 1. The average Bonchev–Trinajstić information content (AvgIpc) is 3.53. The first-order valence-electron chi connectivity index (χ1n) is 12.6. The van der Waals surface area contributed by atoms with Crippen molar-refractivity contribution in [2.24, 2.45) is 0 Å². The predicted molar refractivity (Wildman–Crippen MR) is 152 cm³/mol. The second kappa shape index (κ2) is 14.5. The number of fused-ring (bicyclic) bond motifs is 2. The molecule has 0 fully saturated rings. The van der Waals surface area contributed by atoms with E-state index in [-0.39, 0.29) is 85.0 Å². The minimum absolute atomic E-state index is 0. The molecule has 11 nitrogen and oxygen atoms in total. The molecule has 0 bridgehead atoms. The number of thiophene rings is 1. The van der Waals surface area contributed by atoms with Crippen LogP contribution < -0.4 is 14.2 Å². The normalized spacial score (nSPS) is 12.0. The fraction of sp³-hybridized carbons (Fsp3) is 0.357. The van der Waals surface area contributed by atoms with Gasteiger partial charge in [0.2, 0.25) is 5.91 Å². The molecule has 13 heteroatoms. The van der Waals surface area contributed by atoms with Crippen molar-refractivity contribution in [2.45, 2.75) is 45.2 Å². The van der Waals surface area contributed by atoms with Crippen LogP contribution in [0.15, 0.2) is 30.3 Å². The van der Waals surface area contributed by atoms with Gasteiger partial charge in [0.15, 0.2) is 28.8 Å². The van der Waals surface area contributed by atoms with Crippen molar-refractivity contribution in [1.29, 1.82) is 0 Å². The van der Waals surface area contributed by atoms with E-state index in [1.807, 2.05) is 12.1 Å². The molecule has 0 saturated heterocycles. The number of hydrogen-bond donors (Lipinski definition) is 3. The molecule has 1 aromatic heterocycles. The Morgan fingerprint density at radius 2 is 1.44 bits per heavy atom. The number of phenolic OH excluding ortho intramolecular Hbond substituents is 1. The van der Waals surface area contributed by atoms with Crippen LogP contribution in [0.5, 0.6) is 23.0 Å². The summed E-state index contributed by atoms with van der Waals surface area (Å²) in [5, 5.41) is 28.7. The van der Waals surface area contributed by atoms with E-state index in [1.54, 1.807) is 17.0 Å². The van der Waals surface area contributed by atoms with E-state index >= 15 is 0 Å². The van der Waals surface area contributed by atoms with Crippen LogP contribution in [-0.4, -0.2) is 93.7 Å². The number of phenols is 1. The van der Waals surface area contributed by atoms with Gasteiger partial charge in [-0.15, -0.1) is 11.3 Å². The van der Waals surface area contributed by atoms with Crippen molar-refractivity contribution in [3.63, 3.8) is 0 Å². The van der Waals surface area contributed by atoms with E-state index in [0.717, 1.165) is 11.1 Å². The van der Waals surface area contributed by atoms with Gasteiger partial charge in [0, 0.05) is 43.1 Å². The number of rotatable bonds is 14. The van der Waals surface area contributed by atoms with Crippen LogP contribution in [0.3, 0.4) is 0 Å². The summed E-state index contributed by atoms with van der Waals surface area (Å²) in [7, 11) is 1.52. The summed E-state index contributed by atoms with van der Waals surface area (Å²) in [6.07, 6.45) is -0.0982. The molecule has 0 saturated carbocycles. The van der Waals surface area contributed by atoms with Gasteiger partial charge in [0.05, 0.1) is 38.0 Å². The minimum atomic E-state index is -1.03. The Bertz CT molecular complexity index is 1450. The molecule has 2 heterocycles. The van der Waals surface area contributed by atoms with Crippen molar-refractivity contribution < 1.29 is 48.7 Å². The SMILES string of the molecule is COc1cc2c(cc1OCCCOc1cc3cc(C(=O)CCC(=O)O)sc3cc1O)CN(C(=O)CCC(=O)O)C2.[NaH]. The van der Waals surface area contributed by atoms with Gasteiger partial charge in [-0.2, -0.15) is 0 Å². The van der Waals surface area contributed by atoms with Crippen LogP contribution >= 0.6 is 11.3 Å². The Balaban J connectivity index is 0.00000462. The Morgan fingerprint density at radius 3 is 2.07 bits per heavy atom. The number of carboxylic acid groups (broad SMARTS) is 2. The number of nitrogens with zero attached hydrogens (tertiary/aromatic N) is 1. The molecular weight excluding hydrogens is 565 g/mol. The van der Waals surface area contributed by atoms with Crippen molar-refractivity contribution in [3.8, 4) is 23.0 Å². The van der Waals surface area contributed by atoms with Crippen molar-refractivity contribution in [3.05, 3.63) is 46.3 Å².